The summed E-state index contributed by atoms with van der Waals surface area (Å²) in [6.07, 6.45) is 15.3. The number of imidazole rings is 4. The Hall–Kier alpha value is -14.7. The van der Waals surface area contributed by atoms with Crippen LogP contribution in [-0.2, 0) is 26.4 Å². The number of nitrogens with one attached hydrogen (secondary N) is 2. The van der Waals surface area contributed by atoms with Crippen molar-refractivity contribution in [3.63, 3.8) is 0 Å². The van der Waals surface area contributed by atoms with Gasteiger partial charge in [-0.05, 0) is 214 Å². The fourth-order valence-corrected chi connectivity index (χ4v) is 14.3. The van der Waals surface area contributed by atoms with Gasteiger partial charge in [0.05, 0.1) is 155 Å². The molecule has 0 aliphatic rings. The summed E-state index contributed by atoms with van der Waals surface area (Å²) in [5, 5.41) is 80.4. The summed E-state index contributed by atoms with van der Waals surface area (Å²) in [5.74, 6) is 2.49. The van der Waals surface area contributed by atoms with Gasteiger partial charge in [-0.15, -0.1) is 40.8 Å². The molecule has 0 saturated carbocycles. The Morgan fingerprint density at radius 2 is 0.744 bits per heavy atom. The van der Waals surface area contributed by atoms with Crippen molar-refractivity contribution in [3.8, 4) is 68.3 Å². The monoisotopic (exact) mass is 1670 g/mol. The molecule has 0 radical (unpaired) electrons. The lowest BCUT2D eigenvalue weighted by Gasteiger charge is -2.30. The quantitative estimate of drug-likeness (QED) is 0.0309. The molecule has 0 bridgehead atoms. The summed E-state index contributed by atoms with van der Waals surface area (Å²) in [4.78, 5) is 52.1. The minimum absolute atomic E-state index is 0.119. The molecule has 6 N–H and O–H groups in total. The van der Waals surface area contributed by atoms with E-state index < -0.39 is 0 Å². The number of aromatic nitrogens is 20. The van der Waals surface area contributed by atoms with Gasteiger partial charge < -0.3 is 59.1 Å². The second-order valence-corrected chi connectivity index (χ2v) is 30.5. The van der Waals surface area contributed by atoms with E-state index in [0.717, 1.165) is 86.8 Å². The molecule has 29 nitrogen and oxygen atoms in total. The molecular formula is C96H102N24O5. The zero-order chi connectivity index (χ0) is 88.4. The number of pyridine rings is 4. The summed E-state index contributed by atoms with van der Waals surface area (Å²) in [7, 11) is 2.06. The van der Waals surface area contributed by atoms with Gasteiger partial charge in [-0.2, -0.15) is 0 Å². The molecule has 12 heterocycles. The second-order valence-electron chi connectivity index (χ2n) is 30.5. The number of nitrogens with zero attached hydrogens (tertiary/aromatic N) is 22. The van der Waals surface area contributed by atoms with E-state index in [1.165, 1.54) is 27.8 Å². The number of hydrogen-bond acceptors (Lipinski definition) is 24. The Morgan fingerprint density at radius 3 is 1.10 bits per heavy atom. The molecule has 4 aromatic carbocycles. The van der Waals surface area contributed by atoms with Gasteiger partial charge in [-0.25, -0.2) is 39.9 Å². The van der Waals surface area contributed by atoms with Gasteiger partial charge in [0.1, 0.15) is 28.6 Å². The first-order valence-electron chi connectivity index (χ1n) is 41.2. The van der Waals surface area contributed by atoms with E-state index in [1.54, 1.807) is 55.6 Å². The van der Waals surface area contributed by atoms with Crippen LogP contribution in [0.3, 0.4) is 0 Å². The number of carbonyl (C=O) groups is 1. The van der Waals surface area contributed by atoms with Crippen LogP contribution in [0.2, 0.25) is 0 Å². The Labute approximate surface area is 726 Å². The van der Waals surface area contributed by atoms with Crippen molar-refractivity contribution in [2.24, 2.45) is 0 Å². The van der Waals surface area contributed by atoms with Crippen molar-refractivity contribution in [2.75, 3.05) is 34.0 Å². The van der Waals surface area contributed by atoms with Gasteiger partial charge in [0.25, 0.3) is 5.91 Å². The Morgan fingerprint density at radius 1 is 0.384 bits per heavy atom. The summed E-state index contributed by atoms with van der Waals surface area (Å²) >= 11 is 0. The van der Waals surface area contributed by atoms with Gasteiger partial charge in [-0.1, -0.05) is 115 Å². The maximum absolute atomic E-state index is 12.3. The number of hydrogen-bond donors (Lipinski definition) is 6. The molecule has 0 aliphatic carbocycles. The predicted octanol–water partition coefficient (Wildman–Crippen LogP) is 16.2. The van der Waals surface area contributed by atoms with Gasteiger partial charge in [0, 0.05) is 50.0 Å². The van der Waals surface area contributed by atoms with E-state index in [1.807, 2.05) is 189 Å². The van der Waals surface area contributed by atoms with Crippen LogP contribution < -0.4 is 20.4 Å². The Bertz CT molecular complexity index is 6300. The van der Waals surface area contributed by atoms with Crippen LogP contribution in [0.1, 0.15) is 153 Å². The maximum atomic E-state index is 12.3. The average molecular weight is 1670 g/mol. The number of aliphatic hydroxyl groups excluding tert-OH is 4. The molecule has 0 saturated heterocycles. The molecule has 29 heteroatoms. The lowest BCUT2D eigenvalue weighted by atomic mass is 10.0. The highest BCUT2D eigenvalue weighted by Gasteiger charge is 2.24. The second kappa shape index (κ2) is 40.8. The number of anilines is 4. The van der Waals surface area contributed by atoms with Crippen LogP contribution in [-0.4, -0.2) is 139 Å². The fourth-order valence-electron chi connectivity index (χ4n) is 14.3. The third-order valence-corrected chi connectivity index (χ3v) is 21.2. The lowest BCUT2D eigenvalue weighted by Crippen LogP contribution is -2.28. The van der Waals surface area contributed by atoms with Crippen molar-refractivity contribution in [2.45, 2.75) is 141 Å². The highest BCUT2D eigenvalue weighted by Crippen LogP contribution is 2.34. The Kier molecular flexibility index (Phi) is 28.8. The standard InChI is InChI=1S/2C26H30N6O.C22H20N6O2.C22H22N6O/c1-6-24(20-9-7-17(2)8-10-20)31(5)26-18(3)13-22(29-30-26)21-11-12-25(23(15-33)28-21)32-14-19(4)27-16-32;1-6-32(20(5)21-9-7-17(2)8-10-21)26-18(3)13-23(29-30-26)22-11-12-25(24(15-33)28-22)31-14-19(4)27-16-31;1-14-3-5-16(6-4-14)22(30)25-21-10-8-18(26-27-21)17-7-9-20(19(12-29)24-17)28-11-15(2)23-13-28;1-15-12-28(14-23-15)21-10-8-18(25-20(21)13-29)19-9-11-22(27-26-19)24-16(2)17-6-4-3-5-7-17/h7-14,16,24,33H,6,15H2,1-5H3;7-14,16,20,33H,6,15H2,1-5H3;3-11,13,29H,12H2,1-2H3,(H,25,27,30);3-12,14,16,29H,13H2,1-2H3,(H,24,27)/t24-;20-;;16-/m00.0/s1. The fraction of sp³-hybridized carbons (Fsp3) is 0.240. The smallest absolute Gasteiger partial charge is 0.256 e. The normalized spacial score (nSPS) is 11.7. The molecule has 16 aromatic rings. The zero-order valence-corrected chi connectivity index (χ0v) is 72.5. The summed E-state index contributed by atoms with van der Waals surface area (Å²) in [5.41, 5.74) is 23.9. The average Bonchev–Trinajstić information content (AvgIpc) is 1.61. The van der Waals surface area contributed by atoms with Gasteiger partial charge in [0.2, 0.25) is 0 Å². The van der Waals surface area contributed by atoms with Crippen LogP contribution in [0.5, 0.6) is 0 Å². The van der Waals surface area contributed by atoms with E-state index in [4.69, 9.17) is 0 Å². The SMILES string of the molecule is CCN(c1nnc(-c2ccc(-n3cnc(C)c3)c(CO)n2)cc1C)[C@@H](C)c1ccc(C)cc1.CC[C@@H](c1ccc(C)cc1)N(C)c1nnc(-c2ccc(-n3cnc(C)c3)c(CO)n2)cc1C.Cc1ccc(C(=O)Nc2ccc(-c3ccc(-n4cnc(C)c4)c(CO)n3)nn2)cc1.Cc1cn(-c2ccc(-c3ccc(N[C@@H](C)c4ccccc4)nn3)nc2CO)cn1. The number of aliphatic hydroxyl groups is 4. The van der Waals surface area contributed by atoms with Crippen LogP contribution in [0.25, 0.3) is 68.3 Å². The lowest BCUT2D eigenvalue weighted by molar-refractivity contribution is 0.102. The van der Waals surface area contributed by atoms with E-state index >= 15 is 0 Å². The van der Waals surface area contributed by atoms with Gasteiger partial charge >= 0.3 is 0 Å². The summed E-state index contributed by atoms with van der Waals surface area (Å²) in [6.45, 7) is 26.6. The number of carbonyl (C=O) groups excluding carboxylic acids is 1. The number of amides is 1. The van der Waals surface area contributed by atoms with E-state index in [9.17, 15) is 25.2 Å². The molecule has 636 valence electrons. The van der Waals surface area contributed by atoms with Gasteiger partial charge in [0.15, 0.2) is 17.5 Å². The summed E-state index contributed by atoms with van der Waals surface area (Å²) < 4.78 is 7.39. The highest BCUT2D eigenvalue weighted by atomic mass is 16.3. The first kappa shape index (κ1) is 88.1. The van der Waals surface area contributed by atoms with Crippen molar-refractivity contribution >= 4 is 29.2 Å². The minimum Gasteiger partial charge on any atom is -0.390 e. The van der Waals surface area contributed by atoms with E-state index in [0.29, 0.717) is 85.5 Å². The third kappa shape index (κ3) is 21.6. The van der Waals surface area contributed by atoms with E-state index in [2.05, 4.69) is 210 Å². The van der Waals surface area contributed by atoms with Crippen LogP contribution in [0.4, 0.5) is 23.3 Å². The number of aryl methyl sites for hydroxylation is 9. The molecule has 0 aliphatic heterocycles. The maximum Gasteiger partial charge on any atom is 0.256 e. The largest absolute Gasteiger partial charge is 0.390 e. The van der Waals surface area contributed by atoms with Crippen molar-refractivity contribution < 1.29 is 25.2 Å². The topological polar surface area (TPSA) is 354 Å². The molecule has 1 amide bonds. The van der Waals surface area contributed by atoms with Crippen molar-refractivity contribution in [1.82, 2.24) is 98.9 Å². The molecular weight excluding hydrogens is 1570 g/mol. The van der Waals surface area contributed by atoms with Crippen LogP contribution in [0.15, 0.2) is 238 Å². The predicted molar refractivity (Wildman–Crippen MR) is 484 cm³/mol. The van der Waals surface area contributed by atoms with Crippen molar-refractivity contribution in [1.29, 1.82) is 0 Å². The highest BCUT2D eigenvalue weighted by molar-refractivity contribution is 6.03. The number of benzene rings is 4. The summed E-state index contributed by atoms with van der Waals surface area (Å²) in [6, 6.07) is 61.5. The molecule has 0 unspecified atom stereocenters. The minimum atomic E-state index is -0.252. The molecule has 16 rings (SSSR count). The first-order chi connectivity index (χ1) is 60.5. The van der Waals surface area contributed by atoms with Gasteiger partial charge in [-0.3, -0.25) is 4.79 Å². The van der Waals surface area contributed by atoms with Crippen LogP contribution in [0, 0.1) is 62.3 Å². The molecule has 3 atom stereocenters. The molecule has 0 spiro atoms. The van der Waals surface area contributed by atoms with Crippen molar-refractivity contribution in [3.05, 3.63) is 334 Å². The Balaban J connectivity index is 0.000000143. The molecule has 0 fully saturated rings. The first-order valence-corrected chi connectivity index (χ1v) is 41.2. The zero-order valence-electron chi connectivity index (χ0n) is 72.5. The molecule has 12 aromatic heterocycles. The molecule has 125 heavy (non-hydrogen) atoms. The third-order valence-electron chi connectivity index (χ3n) is 21.2. The number of rotatable bonds is 25. The van der Waals surface area contributed by atoms with Crippen LogP contribution >= 0.6 is 0 Å². The van der Waals surface area contributed by atoms with E-state index in [-0.39, 0.29) is 50.5 Å².